The molecule has 2 atom stereocenters. The number of amides is 1. The zero-order valence-corrected chi connectivity index (χ0v) is 18.4. The molecular formula is C19H24N3NaO5. The van der Waals surface area contributed by atoms with Crippen LogP contribution in [0.1, 0.15) is 31.7 Å². The molecule has 1 aromatic carbocycles. The van der Waals surface area contributed by atoms with Crippen molar-refractivity contribution in [2.24, 2.45) is 5.73 Å². The van der Waals surface area contributed by atoms with Crippen LogP contribution in [0.4, 0.5) is 4.79 Å². The van der Waals surface area contributed by atoms with E-state index in [1.54, 1.807) is 30.5 Å². The number of unbranched alkanes of at least 4 members (excludes halogenated alkanes) is 1. The van der Waals surface area contributed by atoms with Gasteiger partial charge in [0, 0.05) is 11.6 Å². The molecule has 0 saturated carbocycles. The van der Waals surface area contributed by atoms with Crippen molar-refractivity contribution in [1.29, 1.82) is 0 Å². The van der Waals surface area contributed by atoms with Crippen LogP contribution < -0.4 is 45.7 Å². The van der Waals surface area contributed by atoms with Crippen molar-refractivity contribution in [3.63, 3.8) is 0 Å². The average Bonchev–Trinajstić information content (AvgIpc) is 3.06. The monoisotopic (exact) mass is 398 g/mol. The first kappa shape index (κ1) is 22.4. The Morgan fingerprint density at radius 2 is 2.07 bits per heavy atom. The van der Waals surface area contributed by atoms with Gasteiger partial charge in [-0.25, -0.2) is 4.79 Å². The summed E-state index contributed by atoms with van der Waals surface area (Å²) in [5.74, 6) is -1.97. The Hall–Kier alpha value is -1.87. The number of para-hydroxylation sites is 1. The van der Waals surface area contributed by atoms with Crippen molar-refractivity contribution in [2.75, 3.05) is 7.11 Å². The Kier molecular flexibility index (Phi) is 8.98. The van der Waals surface area contributed by atoms with Gasteiger partial charge in [0.25, 0.3) is 0 Å². The summed E-state index contributed by atoms with van der Waals surface area (Å²) in [6, 6.07) is 5.01. The maximum absolute atomic E-state index is 12.5. The number of fused-ring (bicyclic) bond motifs is 1. The number of hydrogen-bond donors (Lipinski definition) is 2. The fourth-order valence-corrected chi connectivity index (χ4v) is 2.90. The molecule has 1 heterocycles. The fourth-order valence-electron chi connectivity index (χ4n) is 2.90. The quantitative estimate of drug-likeness (QED) is 0.452. The van der Waals surface area contributed by atoms with Gasteiger partial charge in [-0.1, -0.05) is 38.0 Å². The summed E-state index contributed by atoms with van der Waals surface area (Å²) >= 11 is 0. The summed E-state index contributed by atoms with van der Waals surface area (Å²) in [4.78, 5) is 35.7. The second-order valence-electron chi connectivity index (χ2n) is 6.29. The number of ether oxygens (including phenoxy) is 1. The van der Waals surface area contributed by atoms with Crippen molar-refractivity contribution in [2.45, 2.75) is 44.7 Å². The van der Waals surface area contributed by atoms with E-state index < -0.39 is 30.1 Å². The number of aliphatic carboxylic acids is 1. The molecule has 2 rings (SSSR count). The third-order valence-corrected chi connectivity index (χ3v) is 4.35. The number of rotatable bonds is 9. The van der Waals surface area contributed by atoms with Gasteiger partial charge < -0.3 is 25.7 Å². The van der Waals surface area contributed by atoms with Crippen LogP contribution in [0.2, 0.25) is 1.41 Å². The number of nitrogens with two attached hydrogens (primary N) is 1. The number of carbonyl (C=O) groups is 3. The van der Waals surface area contributed by atoms with E-state index in [1.165, 1.54) is 11.7 Å². The third kappa shape index (κ3) is 5.81. The average molecular weight is 398 g/mol. The second-order valence-corrected chi connectivity index (χ2v) is 6.29. The van der Waals surface area contributed by atoms with Gasteiger partial charge in [-0.05, 0) is 24.5 Å². The topological polar surface area (TPSA) is 126 Å². The largest absolute Gasteiger partial charge is 1.00 e. The van der Waals surface area contributed by atoms with Crippen LogP contribution in [0.15, 0.2) is 30.5 Å². The summed E-state index contributed by atoms with van der Waals surface area (Å²) < 4.78 is 13.6. The van der Waals surface area contributed by atoms with Gasteiger partial charge >= 0.3 is 35.7 Å². The molecule has 0 radical (unpaired) electrons. The minimum absolute atomic E-state index is 0. The number of methoxy groups -OCH3 is 1. The summed E-state index contributed by atoms with van der Waals surface area (Å²) in [5, 5.41) is 14.4. The first-order valence-corrected chi connectivity index (χ1v) is 8.78. The third-order valence-electron chi connectivity index (χ3n) is 4.35. The molecule has 1 amide bonds. The summed E-state index contributed by atoms with van der Waals surface area (Å²) in [7, 11) is 1.27. The van der Waals surface area contributed by atoms with Crippen LogP contribution >= 0.6 is 0 Å². The first-order chi connectivity index (χ1) is 13.4. The molecule has 0 aliphatic rings. The van der Waals surface area contributed by atoms with E-state index in [2.05, 4.69) is 11.0 Å². The molecule has 8 nitrogen and oxygen atoms in total. The molecule has 3 N–H and O–H groups in total. The molecule has 9 heteroatoms. The molecule has 1 aromatic heterocycles. The molecule has 0 bridgehead atoms. The van der Waals surface area contributed by atoms with E-state index in [0.717, 1.165) is 11.8 Å². The van der Waals surface area contributed by atoms with Crippen LogP contribution in [0.3, 0.4) is 0 Å². The van der Waals surface area contributed by atoms with Crippen LogP contribution in [-0.2, 0) is 20.7 Å². The van der Waals surface area contributed by atoms with Gasteiger partial charge in [-0.15, -0.1) is 0 Å². The van der Waals surface area contributed by atoms with Gasteiger partial charge in [0.15, 0.2) is 0 Å². The Labute approximate surface area is 187 Å². The van der Waals surface area contributed by atoms with Crippen molar-refractivity contribution < 1.29 is 55.2 Å². The predicted octanol–water partition coefficient (Wildman–Crippen LogP) is -2.45. The number of nitrogens with zero attached hydrogens (tertiary/aromatic N) is 1. The molecule has 0 unspecified atom stereocenters. The first-order valence-electron chi connectivity index (χ1n) is 9.28. The fraction of sp³-hybridized carbons (Fsp3) is 0.421. The van der Waals surface area contributed by atoms with E-state index in [9.17, 15) is 19.5 Å². The van der Waals surface area contributed by atoms with Gasteiger partial charge in [-0.3, -0.25) is 9.36 Å². The zero-order chi connectivity index (χ0) is 20.7. The molecule has 0 spiro atoms. The Morgan fingerprint density at radius 1 is 1.36 bits per heavy atom. The molecule has 146 valence electrons. The Bertz CT molecular complexity index is 857. The number of carboxylic acids is 1. The van der Waals surface area contributed by atoms with Gasteiger partial charge in [0.1, 0.15) is 1.41 Å². The van der Waals surface area contributed by atoms with Crippen LogP contribution in [-0.4, -0.2) is 41.7 Å². The van der Waals surface area contributed by atoms with E-state index >= 15 is 0 Å². The standard InChI is InChI=1S/C19H25N3O5.Na/c1-3-4-8-15(18(24)25)21-17(23)14(20)10-12-11-22(19(26)27-2)16-9-6-5-7-13(12)16;/h5-7,9,11,14-15H,3-4,8,10,20H2,1-2H3,(H,21,23)(H,24,25);/q;+1/p-1/t14-,15+;/m1./s1/i/hD. The summed E-state index contributed by atoms with van der Waals surface area (Å²) in [6.45, 7) is 1.92. The smallest absolute Gasteiger partial charge is 0.548 e. The van der Waals surface area contributed by atoms with Gasteiger partial charge in [0.05, 0.1) is 30.7 Å². The van der Waals surface area contributed by atoms with E-state index in [0.29, 0.717) is 17.5 Å². The molecule has 0 aliphatic carbocycles. The van der Waals surface area contributed by atoms with E-state index in [-0.39, 0.29) is 42.4 Å². The summed E-state index contributed by atoms with van der Waals surface area (Å²) in [6.07, 6.45) is 2.75. The maximum Gasteiger partial charge on any atom is 1.00 e. The number of carboxylic acid groups (broad SMARTS) is 1. The number of aromatic nitrogens is 1. The van der Waals surface area contributed by atoms with Crippen LogP contribution in [0, 0.1) is 0 Å². The maximum atomic E-state index is 12.5. The van der Waals surface area contributed by atoms with E-state index in [4.69, 9.17) is 6.15 Å². The minimum Gasteiger partial charge on any atom is -0.548 e. The number of nitrogens with one attached hydrogen (secondary N) is 1. The molecular weight excluding hydrogens is 373 g/mol. The number of benzene rings is 1. The van der Waals surface area contributed by atoms with Gasteiger partial charge in [0.2, 0.25) is 5.91 Å². The number of carbonyl (C=O) groups excluding carboxylic acids is 3. The predicted molar refractivity (Wildman–Crippen MR) is 97.9 cm³/mol. The zero-order valence-electron chi connectivity index (χ0n) is 17.4. The molecule has 0 aliphatic heterocycles. The molecule has 0 fully saturated rings. The molecule has 2 aromatic rings. The van der Waals surface area contributed by atoms with Crippen molar-refractivity contribution >= 4 is 28.9 Å². The SMILES string of the molecule is [2H]N[C@H](Cc1cn(C(=O)OC)c2ccccc12)C(=O)N[C@@H](CCCC)C(=O)[O-].[Na+]. The van der Waals surface area contributed by atoms with E-state index in [1.807, 2.05) is 6.92 Å². The van der Waals surface area contributed by atoms with Crippen LogP contribution in [0.25, 0.3) is 10.9 Å². The van der Waals surface area contributed by atoms with Crippen LogP contribution in [0.5, 0.6) is 0 Å². The Morgan fingerprint density at radius 3 is 2.68 bits per heavy atom. The van der Waals surface area contributed by atoms with Gasteiger partial charge in [-0.2, -0.15) is 0 Å². The second kappa shape index (κ2) is 11.2. The minimum atomic E-state index is -1.35. The van der Waals surface area contributed by atoms with Crippen molar-refractivity contribution in [3.8, 4) is 0 Å². The number of hydrogen-bond acceptors (Lipinski definition) is 6. The van der Waals surface area contributed by atoms with Crippen molar-refractivity contribution in [1.82, 2.24) is 9.88 Å². The van der Waals surface area contributed by atoms with Crippen molar-refractivity contribution in [3.05, 3.63) is 36.0 Å². The Balaban J connectivity index is 0.00000420. The molecule has 0 saturated heterocycles. The summed E-state index contributed by atoms with van der Waals surface area (Å²) in [5.41, 5.74) is 3.43. The normalized spacial score (nSPS) is 13.1. The molecule has 28 heavy (non-hydrogen) atoms.